The lowest BCUT2D eigenvalue weighted by atomic mass is 10.0. The SMILES string of the molecule is Cc1ccc(Br)cc1Nc1ncnc(N)c1C(C)C. The van der Waals surface area contributed by atoms with Gasteiger partial charge in [0, 0.05) is 15.7 Å². The van der Waals surface area contributed by atoms with Crippen LogP contribution in [0.4, 0.5) is 17.3 Å². The molecule has 0 bridgehead atoms. The quantitative estimate of drug-likeness (QED) is 0.897. The van der Waals surface area contributed by atoms with E-state index in [1.807, 2.05) is 25.1 Å². The molecule has 0 aliphatic carbocycles. The average Bonchev–Trinajstić information content (AvgIpc) is 2.33. The Labute approximate surface area is 121 Å². The van der Waals surface area contributed by atoms with Gasteiger partial charge in [0.2, 0.25) is 0 Å². The lowest BCUT2D eigenvalue weighted by Gasteiger charge is -2.16. The Morgan fingerprint density at radius 3 is 2.68 bits per heavy atom. The van der Waals surface area contributed by atoms with Crippen LogP contribution in [0.3, 0.4) is 0 Å². The van der Waals surface area contributed by atoms with Gasteiger partial charge in [-0.25, -0.2) is 9.97 Å². The van der Waals surface area contributed by atoms with Crippen LogP contribution in [0.1, 0.15) is 30.9 Å². The van der Waals surface area contributed by atoms with Crippen LogP contribution >= 0.6 is 15.9 Å². The number of benzene rings is 1. The van der Waals surface area contributed by atoms with E-state index in [1.165, 1.54) is 6.33 Å². The fourth-order valence-corrected chi connectivity index (χ4v) is 2.30. The zero-order valence-corrected chi connectivity index (χ0v) is 12.8. The van der Waals surface area contributed by atoms with Crippen molar-refractivity contribution >= 4 is 33.3 Å². The molecule has 100 valence electrons. The number of hydrogen-bond donors (Lipinski definition) is 2. The second-order valence-corrected chi connectivity index (χ2v) is 5.68. The minimum absolute atomic E-state index is 0.260. The Morgan fingerprint density at radius 2 is 2.00 bits per heavy atom. The molecule has 0 aliphatic rings. The third kappa shape index (κ3) is 3.04. The molecule has 2 aromatic rings. The Kier molecular flexibility index (Phi) is 4.04. The van der Waals surface area contributed by atoms with Crippen molar-refractivity contribution in [2.75, 3.05) is 11.1 Å². The summed E-state index contributed by atoms with van der Waals surface area (Å²) < 4.78 is 1.02. The largest absolute Gasteiger partial charge is 0.383 e. The van der Waals surface area contributed by atoms with Gasteiger partial charge in [-0.15, -0.1) is 0 Å². The van der Waals surface area contributed by atoms with E-state index < -0.39 is 0 Å². The molecule has 0 saturated heterocycles. The summed E-state index contributed by atoms with van der Waals surface area (Å²) in [5, 5.41) is 3.34. The lowest BCUT2D eigenvalue weighted by molar-refractivity contribution is 0.855. The molecule has 0 spiro atoms. The van der Waals surface area contributed by atoms with Gasteiger partial charge in [0.15, 0.2) is 0 Å². The Morgan fingerprint density at radius 1 is 1.26 bits per heavy atom. The first-order valence-electron chi connectivity index (χ1n) is 6.12. The van der Waals surface area contributed by atoms with E-state index >= 15 is 0 Å². The van der Waals surface area contributed by atoms with E-state index in [1.54, 1.807) is 0 Å². The number of rotatable bonds is 3. The minimum atomic E-state index is 0.260. The topological polar surface area (TPSA) is 63.8 Å². The Hall–Kier alpha value is -1.62. The van der Waals surface area contributed by atoms with Crippen LogP contribution in [-0.2, 0) is 0 Å². The summed E-state index contributed by atoms with van der Waals surface area (Å²) in [4.78, 5) is 8.37. The molecule has 2 rings (SSSR count). The fraction of sp³-hybridized carbons (Fsp3) is 0.286. The number of nitrogens with zero attached hydrogens (tertiary/aromatic N) is 2. The molecular formula is C14H17BrN4. The summed E-state index contributed by atoms with van der Waals surface area (Å²) in [6.07, 6.45) is 1.48. The van der Waals surface area contributed by atoms with Crippen molar-refractivity contribution in [1.82, 2.24) is 9.97 Å². The number of anilines is 3. The summed E-state index contributed by atoms with van der Waals surface area (Å²) >= 11 is 3.47. The van der Waals surface area contributed by atoms with Crippen molar-refractivity contribution < 1.29 is 0 Å². The number of nitrogens with one attached hydrogen (secondary N) is 1. The fourth-order valence-electron chi connectivity index (χ4n) is 1.93. The molecule has 0 radical (unpaired) electrons. The van der Waals surface area contributed by atoms with Crippen molar-refractivity contribution in [2.24, 2.45) is 0 Å². The second-order valence-electron chi connectivity index (χ2n) is 4.76. The average molecular weight is 321 g/mol. The maximum atomic E-state index is 5.94. The summed E-state index contributed by atoms with van der Waals surface area (Å²) in [5.41, 5.74) is 9.05. The molecule has 1 aromatic heterocycles. The molecule has 19 heavy (non-hydrogen) atoms. The highest BCUT2D eigenvalue weighted by Crippen LogP contribution is 2.30. The molecule has 5 heteroatoms. The van der Waals surface area contributed by atoms with Gasteiger partial charge in [0.1, 0.15) is 18.0 Å². The van der Waals surface area contributed by atoms with Crippen molar-refractivity contribution in [3.05, 3.63) is 40.1 Å². The normalized spacial score (nSPS) is 10.8. The van der Waals surface area contributed by atoms with E-state index in [0.29, 0.717) is 5.82 Å². The van der Waals surface area contributed by atoms with E-state index in [0.717, 1.165) is 27.1 Å². The number of aromatic nitrogens is 2. The van der Waals surface area contributed by atoms with Gasteiger partial charge in [-0.2, -0.15) is 0 Å². The highest BCUT2D eigenvalue weighted by Gasteiger charge is 2.13. The van der Waals surface area contributed by atoms with E-state index in [4.69, 9.17) is 5.73 Å². The summed E-state index contributed by atoms with van der Waals surface area (Å²) in [6.45, 7) is 6.20. The number of nitrogens with two attached hydrogens (primary N) is 1. The van der Waals surface area contributed by atoms with Crippen molar-refractivity contribution in [3.8, 4) is 0 Å². The maximum absolute atomic E-state index is 5.94. The van der Waals surface area contributed by atoms with Gasteiger partial charge in [-0.05, 0) is 30.5 Å². The first kappa shape index (κ1) is 13.8. The molecule has 0 amide bonds. The van der Waals surface area contributed by atoms with Crippen LogP contribution in [0.5, 0.6) is 0 Å². The molecule has 1 heterocycles. The molecule has 0 fully saturated rings. The van der Waals surface area contributed by atoms with Crippen molar-refractivity contribution in [2.45, 2.75) is 26.7 Å². The van der Waals surface area contributed by atoms with Gasteiger partial charge < -0.3 is 11.1 Å². The van der Waals surface area contributed by atoms with Gasteiger partial charge in [-0.3, -0.25) is 0 Å². The van der Waals surface area contributed by atoms with E-state index in [2.05, 4.69) is 45.1 Å². The lowest BCUT2D eigenvalue weighted by Crippen LogP contribution is -2.07. The van der Waals surface area contributed by atoms with Crippen molar-refractivity contribution in [3.63, 3.8) is 0 Å². The Bertz CT molecular complexity index is 596. The van der Waals surface area contributed by atoms with Gasteiger partial charge in [0.05, 0.1) is 0 Å². The van der Waals surface area contributed by atoms with Crippen LogP contribution < -0.4 is 11.1 Å². The number of halogens is 1. The zero-order chi connectivity index (χ0) is 14.0. The second kappa shape index (κ2) is 5.57. The minimum Gasteiger partial charge on any atom is -0.383 e. The molecule has 3 N–H and O–H groups in total. The summed E-state index contributed by atoms with van der Waals surface area (Å²) in [5.74, 6) is 1.56. The molecule has 4 nitrogen and oxygen atoms in total. The van der Waals surface area contributed by atoms with Crippen LogP contribution in [0.2, 0.25) is 0 Å². The van der Waals surface area contributed by atoms with Crippen LogP contribution in [0, 0.1) is 6.92 Å². The number of nitrogen functional groups attached to an aromatic ring is 1. The Balaban J connectivity index is 2.44. The first-order valence-corrected chi connectivity index (χ1v) is 6.92. The molecule has 0 atom stereocenters. The number of aryl methyl sites for hydroxylation is 1. The van der Waals surface area contributed by atoms with Gasteiger partial charge >= 0.3 is 0 Å². The standard InChI is InChI=1S/C14H17BrN4/c1-8(2)12-13(16)17-7-18-14(12)19-11-6-10(15)5-4-9(11)3/h4-8H,1-3H3,(H3,16,17,18,19). The van der Waals surface area contributed by atoms with E-state index in [-0.39, 0.29) is 5.92 Å². The third-order valence-electron chi connectivity index (χ3n) is 2.94. The third-order valence-corrected chi connectivity index (χ3v) is 3.44. The molecule has 0 saturated carbocycles. The summed E-state index contributed by atoms with van der Waals surface area (Å²) in [6, 6.07) is 6.09. The van der Waals surface area contributed by atoms with Crippen molar-refractivity contribution in [1.29, 1.82) is 0 Å². The monoisotopic (exact) mass is 320 g/mol. The predicted octanol–water partition coefficient (Wildman–Crippen LogP) is 4.00. The van der Waals surface area contributed by atoms with E-state index in [9.17, 15) is 0 Å². The molecule has 0 aliphatic heterocycles. The summed E-state index contributed by atoms with van der Waals surface area (Å²) in [7, 11) is 0. The highest BCUT2D eigenvalue weighted by atomic mass is 79.9. The molecular weight excluding hydrogens is 304 g/mol. The maximum Gasteiger partial charge on any atom is 0.139 e. The predicted molar refractivity (Wildman–Crippen MR) is 82.7 cm³/mol. The van der Waals surface area contributed by atoms with Crippen LogP contribution in [0.25, 0.3) is 0 Å². The van der Waals surface area contributed by atoms with Gasteiger partial charge in [0.25, 0.3) is 0 Å². The number of hydrogen-bond acceptors (Lipinski definition) is 4. The smallest absolute Gasteiger partial charge is 0.139 e. The zero-order valence-electron chi connectivity index (χ0n) is 11.2. The highest BCUT2D eigenvalue weighted by molar-refractivity contribution is 9.10. The van der Waals surface area contributed by atoms with Gasteiger partial charge in [-0.1, -0.05) is 35.8 Å². The first-order chi connectivity index (χ1) is 8.99. The molecule has 0 unspecified atom stereocenters. The van der Waals surface area contributed by atoms with Crippen LogP contribution in [0.15, 0.2) is 29.0 Å². The molecule has 1 aromatic carbocycles. The van der Waals surface area contributed by atoms with Crippen LogP contribution in [-0.4, -0.2) is 9.97 Å².